The third kappa shape index (κ3) is 4.26. The number of benzene rings is 1. The molecule has 20 heavy (non-hydrogen) atoms. The summed E-state index contributed by atoms with van der Waals surface area (Å²) in [7, 11) is 1.75. The summed E-state index contributed by atoms with van der Waals surface area (Å²) in [6.07, 6.45) is 2.23. The van der Waals surface area contributed by atoms with Gasteiger partial charge in [0.25, 0.3) is 0 Å². The molecule has 1 aliphatic rings. The smallest absolute Gasteiger partial charge is 0.317 e. The fraction of sp³-hybridized carbons (Fsp3) is 0.467. The van der Waals surface area contributed by atoms with Gasteiger partial charge < -0.3 is 15.3 Å². The van der Waals surface area contributed by atoms with E-state index in [1.165, 1.54) is 12.8 Å². The van der Waals surface area contributed by atoms with E-state index in [2.05, 4.69) is 5.32 Å². The quantitative estimate of drug-likeness (QED) is 0.837. The Morgan fingerprint density at radius 1 is 1.35 bits per heavy atom. The number of nitrogens with one attached hydrogen (secondary N) is 1. The van der Waals surface area contributed by atoms with Gasteiger partial charge in [0, 0.05) is 13.6 Å². The number of carbonyl (C=O) groups is 2. The van der Waals surface area contributed by atoms with E-state index in [4.69, 9.17) is 5.11 Å². The van der Waals surface area contributed by atoms with E-state index < -0.39 is 12.0 Å². The van der Waals surface area contributed by atoms with Crippen LogP contribution in [0.1, 0.15) is 30.9 Å². The summed E-state index contributed by atoms with van der Waals surface area (Å²) < 4.78 is 0. The standard InChI is InChI=1S/C15H20N2O3/c1-17(10-11-7-8-11)15(20)16-13(9-14(18)19)12-5-3-2-4-6-12/h2-6,11,13H,7-10H2,1H3,(H,16,20)(H,18,19). The highest BCUT2D eigenvalue weighted by atomic mass is 16.4. The first kappa shape index (κ1) is 14.4. The number of carboxylic acid groups (broad SMARTS) is 1. The molecule has 0 radical (unpaired) electrons. The molecule has 0 spiro atoms. The Balaban J connectivity index is 1.99. The Bertz CT molecular complexity index is 471. The molecule has 2 N–H and O–H groups in total. The van der Waals surface area contributed by atoms with Crippen molar-refractivity contribution in [3.8, 4) is 0 Å². The second-order valence-corrected chi connectivity index (χ2v) is 5.33. The zero-order valence-electron chi connectivity index (χ0n) is 11.6. The van der Waals surface area contributed by atoms with Gasteiger partial charge in [-0.25, -0.2) is 4.79 Å². The van der Waals surface area contributed by atoms with Crippen LogP contribution in [-0.4, -0.2) is 35.6 Å². The highest BCUT2D eigenvalue weighted by Gasteiger charge is 2.26. The Labute approximate surface area is 118 Å². The van der Waals surface area contributed by atoms with Gasteiger partial charge in [-0.15, -0.1) is 0 Å². The van der Waals surface area contributed by atoms with E-state index in [0.29, 0.717) is 5.92 Å². The summed E-state index contributed by atoms with van der Waals surface area (Å²) in [4.78, 5) is 24.7. The number of carbonyl (C=O) groups excluding carboxylic acids is 1. The topological polar surface area (TPSA) is 69.6 Å². The van der Waals surface area contributed by atoms with Crippen LogP contribution in [0.5, 0.6) is 0 Å². The lowest BCUT2D eigenvalue weighted by atomic mass is 10.0. The van der Waals surface area contributed by atoms with Crippen LogP contribution >= 0.6 is 0 Å². The van der Waals surface area contributed by atoms with Crippen molar-refractivity contribution in [1.29, 1.82) is 0 Å². The molecule has 108 valence electrons. The number of hydrogen-bond acceptors (Lipinski definition) is 2. The van der Waals surface area contributed by atoms with Crippen molar-refractivity contribution < 1.29 is 14.7 Å². The van der Waals surface area contributed by atoms with Gasteiger partial charge in [-0.3, -0.25) is 4.79 Å². The summed E-state index contributed by atoms with van der Waals surface area (Å²) >= 11 is 0. The number of rotatable bonds is 6. The second-order valence-electron chi connectivity index (χ2n) is 5.33. The number of amides is 2. The minimum atomic E-state index is -0.927. The van der Waals surface area contributed by atoms with Crippen LogP contribution in [0, 0.1) is 5.92 Å². The number of urea groups is 1. The summed E-state index contributed by atoms with van der Waals surface area (Å²) in [5.41, 5.74) is 0.808. The molecule has 0 aliphatic heterocycles. The maximum absolute atomic E-state index is 12.1. The molecule has 1 saturated carbocycles. The molecular formula is C15H20N2O3. The van der Waals surface area contributed by atoms with E-state index in [1.807, 2.05) is 30.3 Å². The molecule has 0 saturated heterocycles. The van der Waals surface area contributed by atoms with Crippen LogP contribution in [0.15, 0.2) is 30.3 Å². The van der Waals surface area contributed by atoms with E-state index in [0.717, 1.165) is 12.1 Å². The first-order valence-corrected chi connectivity index (χ1v) is 6.84. The largest absolute Gasteiger partial charge is 0.481 e. The van der Waals surface area contributed by atoms with Gasteiger partial charge in [0.05, 0.1) is 12.5 Å². The summed E-state index contributed by atoms with van der Waals surface area (Å²) in [5.74, 6) is -0.315. The van der Waals surface area contributed by atoms with Crippen molar-refractivity contribution in [2.45, 2.75) is 25.3 Å². The number of nitrogens with zero attached hydrogens (tertiary/aromatic N) is 1. The predicted octanol–water partition coefficient (Wildman–Crippen LogP) is 2.25. The Morgan fingerprint density at radius 3 is 2.55 bits per heavy atom. The predicted molar refractivity (Wildman–Crippen MR) is 75.3 cm³/mol. The molecule has 5 heteroatoms. The highest BCUT2D eigenvalue weighted by molar-refractivity contribution is 5.76. The maximum Gasteiger partial charge on any atom is 0.317 e. The van der Waals surface area contributed by atoms with E-state index in [9.17, 15) is 9.59 Å². The average molecular weight is 276 g/mol. The molecule has 1 aromatic carbocycles. The van der Waals surface area contributed by atoms with Crippen molar-refractivity contribution in [1.82, 2.24) is 10.2 Å². The van der Waals surface area contributed by atoms with Gasteiger partial charge in [0.15, 0.2) is 0 Å². The zero-order valence-corrected chi connectivity index (χ0v) is 11.6. The van der Waals surface area contributed by atoms with E-state index >= 15 is 0 Å². The number of carboxylic acids is 1. The normalized spacial score (nSPS) is 15.4. The fourth-order valence-electron chi connectivity index (χ4n) is 2.14. The molecule has 1 aliphatic carbocycles. The van der Waals surface area contributed by atoms with Crippen molar-refractivity contribution in [2.75, 3.05) is 13.6 Å². The van der Waals surface area contributed by atoms with Gasteiger partial charge in [-0.2, -0.15) is 0 Å². The first-order chi connectivity index (χ1) is 9.56. The second kappa shape index (κ2) is 6.41. The first-order valence-electron chi connectivity index (χ1n) is 6.84. The summed E-state index contributed by atoms with van der Waals surface area (Å²) in [5, 5.41) is 11.8. The molecule has 2 rings (SSSR count). The van der Waals surface area contributed by atoms with Crippen LogP contribution < -0.4 is 5.32 Å². The molecule has 1 aromatic rings. The van der Waals surface area contributed by atoms with Crippen molar-refractivity contribution >= 4 is 12.0 Å². The van der Waals surface area contributed by atoms with Gasteiger partial charge in [0.2, 0.25) is 0 Å². The van der Waals surface area contributed by atoms with Crippen molar-refractivity contribution in [2.24, 2.45) is 5.92 Å². The summed E-state index contributed by atoms with van der Waals surface area (Å²) in [6, 6.07) is 8.48. The maximum atomic E-state index is 12.1. The van der Waals surface area contributed by atoms with Gasteiger partial charge in [-0.1, -0.05) is 30.3 Å². The summed E-state index contributed by atoms with van der Waals surface area (Å²) in [6.45, 7) is 0.737. The lowest BCUT2D eigenvalue weighted by molar-refractivity contribution is -0.137. The molecule has 0 heterocycles. The molecule has 2 amide bonds. The Morgan fingerprint density at radius 2 is 2.00 bits per heavy atom. The van der Waals surface area contributed by atoms with E-state index in [-0.39, 0.29) is 12.5 Å². The third-order valence-electron chi connectivity index (χ3n) is 3.45. The molecule has 1 atom stereocenters. The van der Waals surface area contributed by atoms with Gasteiger partial charge >= 0.3 is 12.0 Å². The van der Waals surface area contributed by atoms with E-state index in [1.54, 1.807) is 11.9 Å². The Kier molecular flexibility index (Phi) is 4.61. The molecular weight excluding hydrogens is 256 g/mol. The lowest BCUT2D eigenvalue weighted by Gasteiger charge is -2.23. The number of hydrogen-bond donors (Lipinski definition) is 2. The van der Waals surface area contributed by atoms with Crippen LogP contribution in [-0.2, 0) is 4.79 Å². The molecule has 0 bridgehead atoms. The molecule has 1 unspecified atom stereocenters. The lowest BCUT2D eigenvalue weighted by Crippen LogP contribution is -2.40. The van der Waals surface area contributed by atoms with Crippen molar-refractivity contribution in [3.63, 3.8) is 0 Å². The Hall–Kier alpha value is -2.04. The monoisotopic (exact) mass is 276 g/mol. The SMILES string of the molecule is CN(CC1CC1)C(=O)NC(CC(=O)O)c1ccccc1. The molecule has 1 fully saturated rings. The number of aliphatic carboxylic acids is 1. The third-order valence-corrected chi connectivity index (χ3v) is 3.45. The van der Waals surface area contributed by atoms with Crippen LogP contribution in [0.3, 0.4) is 0 Å². The van der Waals surface area contributed by atoms with Gasteiger partial charge in [-0.05, 0) is 24.3 Å². The van der Waals surface area contributed by atoms with Crippen LogP contribution in [0.4, 0.5) is 4.79 Å². The fourth-order valence-corrected chi connectivity index (χ4v) is 2.14. The average Bonchev–Trinajstić information content (AvgIpc) is 3.22. The van der Waals surface area contributed by atoms with Gasteiger partial charge in [0.1, 0.15) is 0 Å². The minimum Gasteiger partial charge on any atom is -0.481 e. The van der Waals surface area contributed by atoms with Crippen molar-refractivity contribution in [3.05, 3.63) is 35.9 Å². The zero-order chi connectivity index (χ0) is 14.5. The van der Waals surface area contributed by atoms with Crippen LogP contribution in [0.2, 0.25) is 0 Å². The van der Waals surface area contributed by atoms with Crippen LogP contribution in [0.25, 0.3) is 0 Å². The highest BCUT2D eigenvalue weighted by Crippen LogP contribution is 2.29. The molecule has 0 aromatic heterocycles. The minimum absolute atomic E-state index is 0.118. The molecule has 5 nitrogen and oxygen atoms in total.